The Morgan fingerprint density at radius 1 is 1.32 bits per heavy atom. The molecule has 0 amide bonds. The van der Waals surface area contributed by atoms with Crippen LogP contribution in [0.3, 0.4) is 0 Å². The van der Waals surface area contributed by atoms with Crippen molar-refractivity contribution in [3.63, 3.8) is 0 Å². The number of ether oxygens (including phenoxy) is 1. The van der Waals surface area contributed by atoms with Gasteiger partial charge in [0.05, 0.1) is 6.61 Å². The number of rotatable bonds is 6. The predicted molar refractivity (Wildman–Crippen MR) is 77.2 cm³/mol. The van der Waals surface area contributed by atoms with Crippen molar-refractivity contribution >= 4 is 0 Å². The average molecular weight is 260 g/mol. The van der Waals surface area contributed by atoms with Crippen LogP contribution in [0, 0.1) is 0 Å². The molecule has 0 aromatic heterocycles. The summed E-state index contributed by atoms with van der Waals surface area (Å²) < 4.78 is 5.42. The molecule has 1 N–H and O–H groups in total. The second kappa shape index (κ2) is 6.04. The largest absolute Gasteiger partial charge is 0.383 e. The van der Waals surface area contributed by atoms with E-state index in [-0.39, 0.29) is 0 Å². The molecule has 19 heavy (non-hydrogen) atoms. The molecule has 1 fully saturated rings. The van der Waals surface area contributed by atoms with Crippen LogP contribution in [0.5, 0.6) is 0 Å². The minimum atomic E-state index is 0.499. The van der Waals surface area contributed by atoms with Gasteiger partial charge in [-0.3, -0.25) is 4.90 Å². The van der Waals surface area contributed by atoms with E-state index in [1.807, 2.05) is 7.11 Å². The van der Waals surface area contributed by atoms with Gasteiger partial charge in [0.15, 0.2) is 0 Å². The van der Waals surface area contributed by atoms with Crippen LogP contribution in [0.25, 0.3) is 0 Å². The topological polar surface area (TPSA) is 24.5 Å². The maximum absolute atomic E-state index is 5.42. The van der Waals surface area contributed by atoms with Crippen molar-refractivity contribution in [3.05, 3.63) is 35.4 Å². The lowest BCUT2D eigenvalue weighted by Gasteiger charge is -2.35. The molecule has 1 aliphatic heterocycles. The standard InChI is InChI=1S/C16H24N2O/c1-19-12-16(10-17-15-6-7-15)18-9-8-13-4-2-3-5-14(13)11-18/h2-5,15-17H,6-12H2,1H3. The smallest absolute Gasteiger partial charge is 0.0630 e. The number of nitrogens with one attached hydrogen (secondary N) is 1. The molecule has 1 saturated carbocycles. The lowest BCUT2D eigenvalue weighted by molar-refractivity contribution is 0.0805. The van der Waals surface area contributed by atoms with E-state index in [0.29, 0.717) is 6.04 Å². The zero-order valence-electron chi connectivity index (χ0n) is 11.8. The lowest BCUT2D eigenvalue weighted by atomic mass is 9.98. The van der Waals surface area contributed by atoms with Crippen LogP contribution in [-0.4, -0.2) is 43.8 Å². The van der Waals surface area contributed by atoms with Gasteiger partial charge >= 0.3 is 0 Å². The first kappa shape index (κ1) is 13.1. The molecule has 3 heteroatoms. The van der Waals surface area contributed by atoms with Crippen molar-refractivity contribution in [3.8, 4) is 0 Å². The number of nitrogens with zero attached hydrogens (tertiary/aromatic N) is 1. The second-order valence-corrected chi connectivity index (χ2v) is 5.78. The molecule has 104 valence electrons. The second-order valence-electron chi connectivity index (χ2n) is 5.78. The maximum Gasteiger partial charge on any atom is 0.0630 e. The fourth-order valence-electron chi connectivity index (χ4n) is 2.91. The van der Waals surface area contributed by atoms with Gasteiger partial charge in [-0.2, -0.15) is 0 Å². The Morgan fingerprint density at radius 2 is 2.11 bits per heavy atom. The number of fused-ring (bicyclic) bond motifs is 1. The maximum atomic E-state index is 5.42. The SMILES string of the molecule is COCC(CNC1CC1)N1CCc2ccccc2C1. The first-order valence-corrected chi connectivity index (χ1v) is 7.40. The molecule has 0 spiro atoms. The van der Waals surface area contributed by atoms with E-state index >= 15 is 0 Å². The van der Waals surface area contributed by atoms with Gasteiger partial charge in [-0.1, -0.05) is 24.3 Å². The Morgan fingerprint density at radius 3 is 2.84 bits per heavy atom. The third kappa shape index (κ3) is 3.35. The van der Waals surface area contributed by atoms with Crippen LogP contribution < -0.4 is 5.32 Å². The molecule has 1 atom stereocenters. The zero-order valence-corrected chi connectivity index (χ0v) is 11.8. The van der Waals surface area contributed by atoms with Crippen LogP contribution in [0.15, 0.2) is 24.3 Å². The molecule has 0 radical (unpaired) electrons. The number of hydrogen-bond donors (Lipinski definition) is 1. The molecule has 1 aromatic rings. The summed E-state index contributed by atoms with van der Waals surface area (Å²) in [7, 11) is 1.81. The highest BCUT2D eigenvalue weighted by Crippen LogP contribution is 2.22. The molecule has 0 saturated heterocycles. The average Bonchev–Trinajstić information content (AvgIpc) is 3.27. The third-order valence-electron chi connectivity index (χ3n) is 4.26. The van der Waals surface area contributed by atoms with Gasteiger partial charge in [-0.25, -0.2) is 0 Å². The van der Waals surface area contributed by atoms with Crippen LogP contribution >= 0.6 is 0 Å². The first-order chi connectivity index (χ1) is 9.36. The van der Waals surface area contributed by atoms with Gasteiger partial charge in [0.1, 0.15) is 0 Å². The van der Waals surface area contributed by atoms with E-state index in [9.17, 15) is 0 Å². The van der Waals surface area contributed by atoms with E-state index < -0.39 is 0 Å². The van der Waals surface area contributed by atoms with E-state index in [0.717, 1.165) is 32.3 Å². The van der Waals surface area contributed by atoms with Crippen molar-refractivity contribution in [2.45, 2.75) is 37.9 Å². The highest BCUT2D eigenvalue weighted by Gasteiger charge is 2.26. The highest BCUT2D eigenvalue weighted by atomic mass is 16.5. The third-order valence-corrected chi connectivity index (χ3v) is 4.26. The van der Waals surface area contributed by atoms with Crippen LogP contribution in [0.2, 0.25) is 0 Å². The van der Waals surface area contributed by atoms with Crippen LogP contribution in [0.1, 0.15) is 24.0 Å². The Balaban J connectivity index is 1.62. The highest BCUT2D eigenvalue weighted by molar-refractivity contribution is 5.29. The normalized spacial score (nSPS) is 21.1. The molecule has 1 aliphatic carbocycles. The van der Waals surface area contributed by atoms with Crippen molar-refractivity contribution in [2.75, 3.05) is 26.8 Å². The summed E-state index contributed by atoms with van der Waals surface area (Å²) in [5, 5.41) is 3.64. The predicted octanol–water partition coefficient (Wildman–Crippen LogP) is 1.81. The Labute approximate surface area is 115 Å². The van der Waals surface area contributed by atoms with Gasteiger partial charge in [-0.05, 0) is 30.4 Å². The van der Waals surface area contributed by atoms with Crippen molar-refractivity contribution in [1.82, 2.24) is 10.2 Å². The molecule has 2 aliphatic rings. The van der Waals surface area contributed by atoms with Crippen molar-refractivity contribution in [2.24, 2.45) is 0 Å². The summed E-state index contributed by atoms with van der Waals surface area (Å²) >= 11 is 0. The molecule has 1 heterocycles. The molecular formula is C16H24N2O. The summed E-state index contributed by atoms with van der Waals surface area (Å²) in [6.45, 7) is 4.09. The van der Waals surface area contributed by atoms with Crippen LogP contribution in [-0.2, 0) is 17.7 Å². The summed E-state index contributed by atoms with van der Waals surface area (Å²) in [5.41, 5.74) is 3.01. The molecular weight excluding hydrogens is 236 g/mol. The Kier molecular flexibility index (Phi) is 4.16. The zero-order chi connectivity index (χ0) is 13.1. The molecule has 1 aromatic carbocycles. The minimum absolute atomic E-state index is 0.499. The fraction of sp³-hybridized carbons (Fsp3) is 0.625. The number of methoxy groups -OCH3 is 1. The first-order valence-electron chi connectivity index (χ1n) is 7.40. The van der Waals surface area contributed by atoms with Crippen molar-refractivity contribution < 1.29 is 4.74 Å². The van der Waals surface area contributed by atoms with E-state index in [2.05, 4.69) is 34.5 Å². The van der Waals surface area contributed by atoms with Gasteiger partial charge in [0, 0.05) is 38.8 Å². The fourth-order valence-corrected chi connectivity index (χ4v) is 2.91. The molecule has 0 bridgehead atoms. The molecule has 1 unspecified atom stereocenters. The van der Waals surface area contributed by atoms with E-state index in [4.69, 9.17) is 4.74 Å². The summed E-state index contributed by atoms with van der Waals surface area (Å²) in [6, 6.07) is 10.1. The van der Waals surface area contributed by atoms with E-state index in [1.165, 1.54) is 30.4 Å². The number of hydrogen-bond acceptors (Lipinski definition) is 3. The summed E-state index contributed by atoms with van der Waals surface area (Å²) in [5.74, 6) is 0. The summed E-state index contributed by atoms with van der Waals surface area (Å²) in [4.78, 5) is 2.57. The molecule has 3 nitrogen and oxygen atoms in total. The van der Waals surface area contributed by atoms with Gasteiger partial charge < -0.3 is 10.1 Å². The van der Waals surface area contributed by atoms with Crippen molar-refractivity contribution in [1.29, 1.82) is 0 Å². The van der Waals surface area contributed by atoms with Gasteiger partial charge in [0.2, 0.25) is 0 Å². The monoisotopic (exact) mass is 260 g/mol. The van der Waals surface area contributed by atoms with Gasteiger partial charge in [-0.15, -0.1) is 0 Å². The van der Waals surface area contributed by atoms with E-state index in [1.54, 1.807) is 0 Å². The minimum Gasteiger partial charge on any atom is -0.383 e. The van der Waals surface area contributed by atoms with Gasteiger partial charge in [0.25, 0.3) is 0 Å². The molecule has 3 rings (SSSR count). The van der Waals surface area contributed by atoms with Crippen LogP contribution in [0.4, 0.5) is 0 Å². The lowest BCUT2D eigenvalue weighted by Crippen LogP contribution is -2.47. The Bertz CT molecular complexity index is 417. The quantitative estimate of drug-likeness (QED) is 0.844. The number of benzene rings is 1. The summed E-state index contributed by atoms with van der Waals surface area (Å²) in [6.07, 6.45) is 3.87. The Hall–Kier alpha value is -0.900.